The van der Waals surface area contributed by atoms with Crippen LogP contribution < -0.4 is 0 Å². The Bertz CT molecular complexity index is 580. The molecule has 1 aromatic carbocycles. The number of hydrogen-bond donors (Lipinski definition) is 0. The van der Waals surface area contributed by atoms with Crippen LogP contribution in [0.1, 0.15) is 18.3 Å². The van der Waals surface area contributed by atoms with E-state index in [1.807, 2.05) is 32.0 Å². The van der Waals surface area contributed by atoms with Crippen molar-refractivity contribution in [3.63, 3.8) is 0 Å². The lowest BCUT2D eigenvalue weighted by Crippen LogP contribution is -2.11. The topological polar surface area (TPSA) is 34.9 Å². The van der Waals surface area contributed by atoms with E-state index in [9.17, 15) is 4.21 Å². The van der Waals surface area contributed by atoms with Crippen LogP contribution in [0.25, 0.3) is 11.0 Å². The average Bonchev–Trinajstić information content (AvgIpc) is 2.75. The molecule has 0 amide bonds. The normalized spacial score (nSPS) is 13.1. The zero-order chi connectivity index (χ0) is 13.1. The lowest BCUT2D eigenvalue weighted by Gasteiger charge is -2.07. The first kappa shape index (κ1) is 13.6. The van der Waals surface area contributed by atoms with Crippen molar-refractivity contribution in [1.29, 1.82) is 0 Å². The van der Waals surface area contributed by atoms with Gasteiger partial charge < -0.3 is 4.57 Å². The Morgan fingerprint density at radius 2 is 2.22 bits per heavy atom. The van der Waals surface area contributed by atoms with E-state index in [1.165, 1.54) is 0 Å². The second-order valence-corrected chi connectivity index (χ2v) is 6.32. The fourth-order valence-corrected chi connectivity index (χ4v) is 2.90. The van der Waals surface area contributed by atoms with Crippen molar-refractivity contribution in [2.45, 2.75) is 26.3 Å². The SMILES string of the molecule is CCS(=O)CCn1c(CCl)nc2c(C)cccc21. The van der Waals surface area contributed by atoms with Crippen molar-refractivity contribution < 1.29 is 4.21 Å². The summed E-state index contributed by atoms with van der Waals surface area (Å²) in [5.74, 6) is 2.59. The van der Waals surface area contributed by atoms with Crippen LogP contribution in [0.15, 0.2) is 18.2 Å². The third-order valence-corrected chi connectivity index (χ3v) is 4.56. The quantitative estimate of drug-likeness (QED) is 0.792. The minimum absolute atomic E-state index is 0.382. The van der Waals surface area contributed by atoms with Gasteiger partial charge in [-0.3, -0.25) is 4.21 Å². The van der Waals surface area contributed by atoms with Gasteiger partial charge in [-0.1, -0.05) is 19.1 Å². The number of aromatic nitrogens is 2. The Kier molecular flexibility index (Phi) is 4.40. The van der Waals surface area contributed by atoms with Crippen molar-refractivity contribution >= 4 is 33.4 Å². The molecule has 0 aliphatic heterocycles. The maximum Gasteiger partial charge on any atom is 0.124 e. The number of rotatable bonds is 5. The van der Waals surface area contributed by atoms with Gasteiger partial charge in [0.15, 0.2) is 0 Å². The predicted molar refractivity (Wildman–Crippen MR) is 77.6 cm³/mol. The van der Waals surface area contributed by atoms with E-state index in [1.54, 1.807) is 0 Å². The first-order valence-electron chi connectivity index (χ1n) is 6.03. The number of imidazole rings is 1. The summed E-state index contributed by atoms with van der Waals surface area (Å²) in [6.45, 7) is 4.69. The molecule has 3 nitrogen and oxygen atoms in total. The zero-order valence-corrected chi connectivity index (χ0v) is 12.2. The molecule has 1 aromatic heterocycles. The lowest BCUT2D eigenvalue weighted by molar-refractivity contribution is 0.673. The van der Waals surface area contributed by atoms with Crippen molar-refractivity contribution in [1.82, 2.24) is 9.55 Å². The molecule has 1 unspecified atom stereocenters. The van der Waals surface area contributed by atoms with Gasteiger partial charge in [-0.25, -0.2) is 4.98 Å². The Morgan fingerprint density at radius 3 is 2.89 bits per heavy atom. The van der Waals surface area contributed by atoms with Crippen molar-refractivity contribution in [2.75, 3.05) is 11.5 Å². The molecule has 0 fully saturated rings. The molecule has 0 N–H and O–H groups in total. The maximum absolute atomic E-state index is 11.6. The van der Waals surface area contributed by atoms with Crippen LogP contribution in [0.3, 0.4) is 0 Å². The minimum atomic E-state index is -0.762. The molecule has 2 rings (SSSR count). The summed E-state index contributed by atoms with van der Waals surface area (Å²) >= 11 is 5.95. The van der Waals surface area contributed by atoms with Gasteiger partial charge in [-0.05, 0) is 18.6 Å². The molecule has 0 bridgehead atoms. The molecule has 2 aromatic rings. The second kappa shape index (κ2) is 5.85. The standard InChI is InChI=1S/C13H17ClN2OS/c1-3-18(17)8-7-16-11-6-4-5-10(2)13(11)15-12(16)9-14/h4-6H,3,7-9H2,1-2H3. The highest BCUT2D eigenvalue weighted by Crippen LogP contribution is 2.20. The van der Waals surface area contributed by atoms with Crippen LogP contribution in [-0.4, -0.2) is 25.3 Å². The minimum Gasteiger partial charge on any atom is -0.326 e. The van der Waals surface area contributed by atoms with E-state index in [2.05, 4.69) is 9.55 Å². The number of hydrogen-bond acceptors (Lipinski definition) is 2. The molecular weight excluding hydrogens is 268 g/mol. The third kappa shape index (κ3) is 2.59. The first-order chi connectivity index (χ1) is 8.67. The Morgan fingerprint density at radius 1 is 1.44 bits per heavy atom. The Labute approximate surface area is 115 Å². The summed E-state index contributed by atoms with van der Waals surface area (Å²) in [6.07, 6.45) is 0. The second-order valence-electron chi connectivity index (χ2n) is 4.19. The number of para-hydroxylation sites is 1. The van der Waals surface area contributed by atoms with Crippen LogP contribution in [0.4, 0.5) is 0 Å². The van der Waals surface area contributed by atoms with E-state index in [0.717, 1.165) is 22.4 Å². The number of nitrogens with zero attached hydrogens (tertiary/aromatic N) is 2. The fourth-order valence-electron chi connectivity index (χ4n) is 2.02. The van der Waals surface area contributed by atoms with Crippen LogP contribution in [-0.2, 0) is 23.2 Å². The van der Waals surface area contributed by atoms with Gasteiger partial charge in [0.25, 0.3) is 0 Å². The van der Waals surface area contributed by atoms with Gasteiger partial charge in [0.1, 0.15) is 5.82 Å². The van der Waals surface area contributed by atoms with Gasteiger partial charge in [0.2, 0.25) is 0 Å². The molecule has 0 saturated heterocycles. The van der Waals surface area contributed by atoms with Gasteiger partial charge in [0.05, 0.1) is 16.9 Å². The van der Waals surface area contributed by atoms with E-state index in [4.69, 9.17) is 11.6 Å². The Hall–Kier alpha value is -0.870. The monoisotopic (exact) mass is 284 g/mol. The van der Waals surface area contributed by atoms with E-state index < -0.39 is 10.8 Å². The zero-order valence-electron chi connectivity index (χ0n) is 10.6. The first-order valence-corrected chi connectivity index (χ1v) is 8.05. The highest BCUT2D eigenvalue weighted by Gasteiger charge is 2.11. The van der Waals surface area contributed by atoms with Gasteiger partial charge in [-0.15, -0.1) is 11.6 Å². The van der Waals surface area contributed by atoms with Gasteiger partial charge in [0, 0.05) is 28.9 Å². The van der Waals surface area contributed by atoms with Crippen molar-refractivity contribution in [2.24, 2.45) is 0 Å². The van der Waals surface area contributed by atoms with Crippen LogP contribution in [0, 0.1) is 6.92 Å². The summed E-state index contributed by atoms with van der Waals surface area (Å²) in [7, 11) is -0.762. The van der Waals surface area contributed by atoms with E-state index >= 15 is 0 Å². The van der Waals surface area contributed by atoms with Gasteiger partial charge >= 0.3 is 0 Å². The molecule has 0 aliphatic carbocycles. The predicted octanol–water partition coefficient (Wildman–Crippen LogP) is 2.85. The maximum atomic E-state index is 11.6. The third-order valence-electron chi connectivity index (χ3n) is 3.04. The molecule has 0 radical (unpaired) electrons. The number of alkyl halides is 1. The average molecular weight is 285 g/mol. The highest BCUT2D eigenvalue weighted by atomic mass is 35.5. The number of halogens is 1. The van der Waals surface area contributed by atoms with Gasteiger partial charge in [-0.2, -0.15) is 0 Å². The summed E-state index contributed by atoms with van der Waals surface area (Å²) < 4.78 is 13.6. The molecule has 18 heavy (non-hydrogen) atoms. The van der Waals surface area contributed by atoms with E-state index in [0.29, 0.717) is 23.9 Å². The molecular formula is C13H17ClN2OS. The number of fused-ring (bicyclic) bond motifs is 1. The molecule has 0 spiro atoms. The smallest absolute Gasteiger partial charge is 0.124 e. The summed E-state index contributed by atoms with van der Waals surface area (Å²) in [4.78, 5) is 4.57. The van der Waals surface area contributed by atoms with Crippen LogP contribution in [0.2, 0.25) is 0 Å². The van der Waals surface area contributed by atoms with Crippen molar-refractivity contribution in [3.05, 3.63) is 29.6 Å². The van der Waals surface area contributed by atoms with E-state index in [-0.39, 0.29) is 0 Å². The Balaban J connectivity index is 2.41. The largest absolute Gasteiger partial charge is 0.326 e. The summed E-state index contributed by atoms with van der Waals surface area (Å²) in [5.41, 5.74) is 3.23. The molecule has 98 valence electrons. The lowest BCUT2D eigenvalue weighted by atomic mass is 10.2. The number of benzene rings is 1. The molecule has 5 heteroatoms. The molecule has 0 aliphatic rings. The number of aryl methyl sites for hydroxylation is 2. The van der Waals surface area contributed by atoms with Crippen molar-refractivity contribution in [3.8, 4) is 0 Å². The molecule has 0 saturated carbocycles. The van der Waals surface area contributed by atoms with Crippen LogP contribution >= 0.6 is 11.6 Å². The summed E-state index contributed by atoms with van der Waals surface area (Å²) in [5, 5.41) is 0. The summed E-state index contributed by atoms with van der Waals surface area (Å²) in [6, 6.07) is 6.10. The fraction of sp³-hybridized carbons (Fsp3) is 0.462. The highest BCUT2D eigenvalue weighted by molar-refractivity contribution is 7.84. The molecule has 1 atom stereocenters. The van der Waals surface area contributed by atoms with Crippen LogP contribution in [0.5, 0.6) is 0 Å². The molecule has 1 heterocycles.